The Morgan fingerprint density at radius 2 is 1.90 bits per heavy atom. The van der Waals surface area contributed by atoms with E-state index in [0.717, 1.165) is 22.7 Å². The molecule has 0 saturated heterocycles. The number of benzene rings is 2. The Morgan fingerprint density at radius 3 is 2.60 bits per heavy atom. The molecule has 1 atom stereocenters. The minimum absolute atomic E-state index is 0.445. The maximum atomic E-state index is 10.2. The molecule has 0 fully saturated rings. The number of para-hydroxylation sites is 1. The maximum absolute atomic E-state index is 10.2. The normalized spacial score (nSPS) is 12.0. The van der Waals surface area contributed by atoms with Crippen molar-refractivity contribution in [2.24, 2.45) is 0 Å². The molecule has 0 unspecified atom stereocenters. The fourth-order valence-corrected chi connectivity index (χ4v) is 2.25. The monoisotopic (exact) mass is 271 g/mol. The first kappa shape index (κ1) is 14.4. The van der Waals surface area contributed by atoms with E-state index in [4.69, 9.17) is 4.74 Å². The summed E-state index contributed by atoms with van der Waals surface area (Å²) in [6.45, 7) is 1.98. The van der Waals surface area contributed by atoms with E-state index in [1.165, 1.54) is 0 Å². The number of ether oxygens (including phenoxy) is 1. The van der Waals surface area contributed by atoms with E-state index in [2.05, 4.69) is 4.90 Å². The number of anilines is 2. The highest BCUT2D eigenvalue weighted by atomic mass is 16.5. The van der Waals surface area contributed by atoms with E-state index in [1.807, 2.05) is 62.5 Å². The van der Waals surface area contributed by atoms with Gasteiger partial charge in [0.05, 0.1) is 13.2 Å². The van der Waals surface area contributed by atoms with Crippen molar-refractivity contribution in [3.05, 3.63) is 54.1 Å². The molecule has 0 spiro atoms. The summed E-state index contributed by atoms with van der Waals surface area (Å²) in [6, 6.07) is 15.8. The molecular formula is C17H21NO2. The van der Waals surface area contributed by atoms with E-state index in [9.17, 15) is 5.11 Å². The fraction of sp³-hybridized carbons (Fsp3) is 0.294. The Bertz CT molecular complexity index is 568. The molecule has 3 nitrogen and oxygen atoms in total. The number of nitrogens with zero attached hydrogens (tertiary/aromatic N) is 1. The molecule has 1 N–H and O–H groups in total. The number of hydrogen-bond acceptors (Lipinski definition) is 3. The third-order valence-electron chi connectivity index (χ3n) is 3.48. The third kappa shape index (κ3) is 2.94. The number of methoxy groups -OCH3 is 1. The van der Waals surface area contributed by atoms with Gasteiger partial charge in [-0.05, 0) is 24.6 Å². The van der Waals surface area contributed by atoms with Crippen LogP contribution < -0.4 is 9.64 Å². The summed E-state index contributed by atoms with van der Waals surface area (Å²) in [5.41, 5.74) is 2.98. The molecule has 0 radical (unpaired) electrons. The minimum atomic E-state index is -0.445. The van der Waals surface area contributed by atoms with Gasteiger partial charge in [-0.15, -0.1) is 0 Å². The summed E-state index contributed by atoms with van der Waals surface area (Å²) in [7, 11) is 3.66. The maximum Gasteiger partial charge on any atom is 0.120 e. The molecule has 0 aliphatic rings. The van der Waals surface area contributed by atoms with Gasteiger partial charge in [-0.3, -0.25) is 0 Å². The Morgan fingerprint density at radius 1 is 1.15 bits per heavy atom. The van der Waals surface area contributed by atoms with E-state index in [1.54, 1.807) is 7.11 Å². The van der Waals surface area contributed by atoms with Crippen LogP contribution in [-0.4, -0.2) is 19.3 Å². The van der Waals surface area contributed by atoms with Crippen LogP contribution in [-0.2, 0) is 0 Å². The van der Waals surface area contributed by atoms with Crippen molar-refractivity contribution in [3.63, 3.8) is 0 Å². The Labute approximate surface area is 120 Å². The molecule has 0 amide bonds. The zero-order valence-corrected chi connectivity index (χ0v) is 12.2. The SMILES string of the molecule is CC[C@H](O)c1ccccc1N(C)c1cccc(OC)c1. The zero-order chi connectivity index (χ0) is 14.5. The molecule has 2 aromatic carbocycles. The molecule has 0 bridgehead atoms. The van der Waals surface area contributed by atoms with Crippen molar-refractivity contribution in [2.75, 3.05) is 19.1 Å². The Balaban J connectivity index is 2.40. The van der Waals surface area contributed by atoms with E-state index in [-0.39, 0.29) is 0 Å². The average molecular weight is 271 g/mol. The zero-order valence-electron chi connectivity index (χ0n) is 12.2. The van der Waals surface area contributed by atoms with Crippen LogP contribution in [0.1, 0.15) is 25.0 Å². The van der Waals surface area contributed by atoms with Crippen molar-refractivity contribution in [1.29, 1.82) is 0 Å². The van der Waals surface area contributed by atoms with Crippen LogP contribution in [0, 0.1) is 0 Å². The van der Waals surface area contributed by atoms with Gasteiger partial charge in [0.2, 0.25) is 0 Å². The molecule has 0 aromatic heterocycles. The Hall–Kier alpha value is -2.00. The molecule has 0 saturated carbocycles. The minimum Gasteiger partial charge on any atom is -0.497 e. The van der Waals surface area contributed by atoms with E-state index >= 15 is 0 Å². The summed E-state index contributed by atoms with van der Waals surface area (Å²) < 4.78 is 5.26. The quantitative estimate of drug-likeness (QED) is 0.895. The predicted molar refractivity (Wildman–Crippen MR) is 82.7 cm³/mol. The molecule has 2 aromatic rings. The van der Waals surface area contributed by atoms with Crippen LogP contribution in [0.3, 0.4) is 0 Å². The second kappa shape index (κ2) is 6.44. The lowest BCUT2D eigenvalue weighted by molar-refractivity contribution is 0.174. The number of aliphatic hydroxyl groups is 1. The van der Waals surface area contributed by atoms with Crippen molar-refractivity contribution in [1.82, 2.24) is 0 Å². The lowest BCUT2D eigenvalue weighted by Gasteiger charge is -2.24. The van der Waals surface area contributed by atoms with Crippen molar-refractivity contribution in [2.45, 2.75) is 19.4 Å². The highest BCUT2D eigenvalue weighted by molar-refractivity contribution is 5.67. The number of aliphatic hydroxyl groups excluding tert-OH is 1. The fourth-order valence-electron chi connectivity index (χ4n) is 2.25. The number of hydrogen-bond donors (Lipinski definition) is 1. The lowest BCUT2D eigenvalue weighted by Crippen LogP contribution is -2.13. The first-order valence-electron chi connectivity index (χ1n) is 6.82. The summed E-state index contributed by atoms with van der Waals surface area (Å²) >= 11 is 0. The summed E-state index contributed by atoms with van der Waals surface area (Å²) in [4.78, 5) is 2.07. The molecule has 0 aliphatic heterocycles. The van der Waals surface area contributed by atoms with Gasteiger partial charge in [0, 0.05) is 30.1 Å². The third-order valence-corrected chi connectivity index (χ3v) is 3.48. The smallest absolute Gasteiger partial charge is 0.120 e. The predicted octanol–water partition coefficient (Wildman–Crippen LogP) is 3.91. The molecule has 3 heteroatoms. The van der Waals surface area contributed by atoms with Gasteiger partial charge in [-0.2, -0.15) is 0 Å². The molecule has 20 heavy (non-hydrogen) atoms. The first-order chi connectivity index (χ1) is 9.67. The number of rotatable bonds is 5. The van der Waals surface area contributed by atoms with Gasteiger partial charge in [0.1, 0.15) is 5.75 Å². The van der Waals surface area contributed by atoms with Gasteiger partial charge >= 0.3 is 0 Å². The van der Waals surface area contributed by atoms with Crippen molar-refractivity contribution < 1.29 is 9.84 Å². The molecule has 2 rings (SSSR count). The second-order valence-electron chi connectivity index (χ2n) is 4.74. The van der Waals surface area contributed by atoms with Gasteiger partial charge in [-0.1, -0.05) is 31.2 Å². The standard InChI is InChI=1S/C17H21NO2/c1-4-17(19)15-10-5-6-11-16(15)18(2)13-8-7-9-14(12-13)20-3/h5-12,17,19H,4H2,1-3H3/t17-/m0/s1. The summed E-state index contributed by atoms with van der Waals surface area (Å²) in [6.07, 6.45) is 0.252. The van der Waals surface area contributed by atoms with Crippen LogP contribution in [0.2, 0.25) is 0 Å². The van der Waals surface area contributed by atoms with Crippen LogP contribution >= 0.6 is 0 Å². The van der Waals surface area contributed by atoms with Crippen molar-refractivity contribution >= 4 is 11.4 Å². The lowest BCUT2D eigenvalue weighted by atomic mass is 10.0. The van der Waals surface area contributed by atoms with Crippen LogP contribution in [0.25, 0.3) is 0 Å². The van der Waals surface area contributed by atoms with Crippen LogP contribution in [0.4, 0.5) is 11.4 Å². The highest BCUT2D eigenvalue weighted by Crippen LogP contribution is 2.33. The highest BCUT2D eigenvalue weighted by Gasteiger charge is 2.14. The molecule has 0 aliphatic carbocycles. The molecule has 0 heterocycles. The van der Waals surface area contributed by atoms with E-state index < -0.39 is 6.10 Å². The van der Waals surface area contributed by atoms with Crippen LogP contribution in [0.15, 0.2) is 48.5 Å². The van der Waals surface area contributed by atoms with Gasteiger partial charge in [0.15, 0.2) is 0 Å². The Kier molecular flexibility index (Phi) is 4.64. The van der Waals surface area contributed by atoms with Gasteiger partial charge in [-0.25, -0.2) is 0 Å². The summed E-state index contributed by atoms with van der Waals surface area (Å²) in [5.74, 6) is 0.822. The summed E-state index contributed by atoms with van der Waals surface area (Å²) in [5, 5.41) is 10.2. The molecular weight excluding hydrogens is 250 g/mol. The largest absolute Gasteiger partial charge is 0.497 e. The average Bonchev–Trinajstić information content (AvgIpc) is 2.53. The van der Waals surface area contributed by atoms with Gasteiger partial charge < -0.3 is 14.7 Å². The first-order valence-corrected chi connectivity index (χ1v) is 6.82. The van der Waals surface area contributed by atoms with Crippen molar-refractivity contribution in [3.8, 4) is 5.75 Å². The van der Waals surface area contributed by atoms with Gasteiger partial charge in [0.25, 0.3) is 0 Å². The topological polar surface area (TPSA) is 32.7 Å². The van der Waals surface area contributed by atoms with Crippen LogP contribution in [0.5, 0.6) is 5.75 Å². The second-order valence-corrected chi connectivity index (χ2v) is 4.74. The molecule has 106 valence electrons. The van der Waals surface area contributed by atoms with E-state index in [0.29, 0.717) is 6.42 Å².